The van der Waals surface area contributed by atoms with Crippen LogP contribution in [0.4, 0.5) is 0 Å². The largest absolute Gasteiger partial charge is 0.507 e. The molecule has 0 aromatic heterocycles. The molecule has 4 nitrogen and oxygen atoms in total. The molecule has 0 radical (unpaired) electrons. The third-order valence-electron chi connectivity index (χ3n) is 4.63. The number of aliphatic hydroxyl groups excluding tert-OH is 1. The van der Waals surface area contributed by atoms with E-state index in [9.17, 15) is 14.7 Å². The first-order valence-electron chi connectivity index (χ1n) is 8.00. The molecule has 0 saturated heterocycles. The molecule has 1 unspecified atom stereocenters. The molecule has 0 saturated carbocycles. The molecule has 4 heteroatoms. The van der Waals surface area contributed by atoms with E-state index in [4.69, 9.17) is 4.74 Å². The lowest BCUT2D eigenvalue weighted by Crippen LogP contribution is -2.30. The predicted octanol–water partition coefficient (Wildman–Crippen LogP) is 3.51. The van der Waals surface area contributed by atoms with Crippen LogP contribution in [0.15, 0.2) is 54.1 Å². The average molecular weight is 320 g/mol. The maximum atomic E-state index is 12.4. The molecular weight excluding hydrogens is 304 g/mol. The summed E-state index contributed by atoms with van der Waals surface area (Å²) < 4.78 is 5.95. The van der Waals surface area contributed by atoms with Gasteiger partial charge in [0.1, 0.15) is 17.6 Å². The number of benzene rings is 2. The van der Waals surface area contributed by atoms with Gasteiger partial charge in [0.05, 0.1) is 0 Å². The van der Waals surface area contributed by atoms with Crippen LogP contribution in [0.1, 0.15) is 34.3 Å². The second-order valence-corrected chi connectivity index (χ2v) is 6.12. The van der Waals surface area contributed by atoms with Gasteiger partial charge in [-0.3, -0.25) is 9.59 Å². The van der Waals surface area contributed by atoms with Gasteiger partial charge in [0.25, 0.3) is 0 Å². The Balaban J connectivity index is 1.65. The van der Waals surface area contributed by atoms with Gasteiger partial charge in [0.2, 0.25) is 11.6 Å². The average Bonchev–Trinajstić information content (AvgIpc) is 2.63. The summed E-state index contributed by atoms with van der Waals surface area (Å²) in [5, 5.41) is 10.5. The maximum absolute atomic E-state index is 12.4. The third-order valence-corrected chi connectivity index (χ3v) is 4.63. The van der Waals surface area contributed by atoms with Crippen LogP contribution in [-0.2, 0) is 11.2 Å². The Kier molecular flexibility index (Phi) is 3.45. The van der Waals surface area contributed by atoms with E-state index in [-0.39, 0.29) is 29.4 Å². The van der Waals surface area contributed by atoms with Gasteiger partial charge in [-0.25, -0.2) is 0 Å². The monoisotopic (exact) mass is 320 g/mol. The molecule has 120 valence electrons. The smallest absolute Gasteiger partial charge is 0.234 e. The number of ether oxygens (including phenoxy) is 1. The summed E-state index contributed by atoms with van der Waals surface area (Å²) in [5.41, 5.74) is 1.98. The van der Waals surface area contributed by atoms with Crippen molar-refractivity contribution >= 4 is 17.3 Å². The van der Waals surface area contributed by atoms with E-state index in [0.717, 1.165) is 24.2 Å². The minimum Gasteiger partial charge on any atom is -0.507 e. The molecule has 1 atom stereocenters. The number of fused-ring (bicyclic) bond motifs is 2. The van der Waals surface area contributed by atoms with Gasteiger partial charge in [-0.1, -0.05) is 42.5 Å². The number of hydrogen-bond acceptors (Lipinski definition) is 4. The van der Waals surface area contributed by atoms with E-state index in [1.54, 1.807) is 24.3 Å². The highest BCUT2D eigenvalue weighted by atomic mass is 16.5. The quantitative estimate of drug-likeness (QED) is 0.860. The lowest BCUT2D eigenvalue weighted by Gasteiger charge is -2.27. The fourth-order valence-corrected chi connectivity index (χ4v) is 3.36. The zero-order valence-corrected chi connectivity index (χ0v) is 13.0. The lowest BCUT2D eigenvalue weighted by molar-refractivity contribution is -0.112. The van der Waals surface area contributed by atoms with Crippen molar-refractivity contribution in [1.29, 1.82) is 0 Å². The normalized spacial score (nSPS) is 19.6. The first-order chi connectivity index (χ1) is 11.6. The maximum Gasteiger partial charge on any atom is 0.234 e. The number of para-hydroxylation sites is 1. The van der Waals surface area contributed by atoms with Crippen LogP contribution < -0.4 is 4.74 Å². The van der Waals surface area contributed by atoms with Crippen LogP contribution in [0.25, 0.3) is 5.76 Å². The zero-order chi connectivity index (χ0) is 16.7. The van der Waals surface area contributed by atoms with Crippen molar-refractivity contribution in [2.75, 3.05) is 0 Å². The molecule has 24 heavy (non-hydrogen) atoms. The van der Waals surface area contributed by atoms with Crippen LogP contribution in [-0.4, -0.2) is 22.8 Å². The van der Waals surface area contributed by atoms with E-state index in [1.807, 2.05) is 24.3 Å². The lowest BCUT2D eigenvalue weighted by atomic mass is 9.85. The third kappa shape index (κ3) is 2.31. The molecule has 4 rings (SSSR count). The molecule has 2 aromatic rings. The molecule has 0 spiro atoms. The number of carbonyl (C=O) groups is 2. The second-order valence-electron chi connectivity index (χ2n) is 6.12. The van der Waals surface area contributed by atoms with Crippen molar-refractivity contribution in [2.45, 2.75) is 25.4 Å². The molecule has 0 fully saturated rings. The summed E-state index contributed by atoms with van der Waals surface area (Å²) >= 11 is 0. The number of carbonyl (C=O) groups excluding carboxylic acids is 2. The van der Waals surface area contributed by atoms with Crippen LogP contribution in [0.5, 0.6) is 5.75 Å². The van der Waals surface area contributed by atoms with E-state index in [0.29, 0.717) is 5.56 Å². The first-order valence-corrected chi connectivity index (χ1v) is 8.00. The molecule has 2 aliphatic rings. The summed E-state index contributed by atoms with van der Waals surface area (Å²) in [6.45, 7) is 0. The molecule has 0 bridgehead atoms. The molecular formula is C20H16O4. The fraction of sp³-hybridized carbons (Fsp3) is 0.200. The molecule has 1 aliphatic heterocycles. The Labute approximate surface area is 139 Å². The van der Waals surface area contributed by atoms with Gasteiger partial charge in [-0.05, 0) is 24.5 Å². The van der Waals surface area contributed by atoms with Crippen molar-refractivity contribution in [1.82, 2.24) is 0 Å². The van der Waals surface area contributed by atoms with E-state index < -0.39 is 11.6 Å². The Morgan fingerprint density at radius 1 is 0.958 bits per heavy atom. The molecule has 1 N–H and O–H groups in total. The van der Waals surface area contributed by atoms with Crippen molar-refractivity contribution in [3.63, 3.8) is 0 Å². The number of rotatable bonds is 2. The standard InChI is InChI=1S/C20H16O4/c21-18-14-6-2-3-7-15(14)19(22)20(23)16(18)11-13-10-9-12-5-1-4-8-17(12)24-13/h1-8,13,21H,9-11H2. The Bertz CT molecular complexity index is 879. The number of hydrogen-bond donors (Lipinski definition) is 1. The van der Waals surface area contributed by atoms with Gasteiger partial charge >= 0.3 is 0 Å². The van der Waals surface area contributed by atoms with E-state index in [1.165, 1.54) is 0 Å². The van der Waals surface area contributed by atoms with E-state index >= 15 is 0 Å². The minimum absolute atomic E-state index is 0.0994. The molecule has 2 aromatic carbocycles. The van der Waals surface area contributed by atoms with Crippen molar-refractivity contribution in [3.8, 4) is 5.75 Å². The van der Waals surface area contributed by atoms with Gasteiger partial charge in [-0.2, -0.15) is 0 Å². The Morgan fingerprint density at radius 3 is 2.50 bits per heavy atom. The topological polar surface area (TPSA) is 63.6 Å². The minimum atomic E-state index is -0.631. The second kappa shape index (κ2) is 5.64. The van der Waals surface area contributed by atoms with Gasteiger partial charge < -0.3 is 9.84 Å². The van der Waals surface area contributed by atoms with Crippen LogP contribution in [0, 0.1) is 0 Å². The van der Waals surface area contributed by atoms with Crippen molar-refractivity contribution in [3.05, 3.63) is 70.8 Å². The van der Waals surface area contributed by atoms with Gasteiger partial charge in [0, 0.05) is 23.1 Å². The van der Waals surface area contributed by atoms with E-state index in [2.05, 4.69) is 0 Å². The summed E-state index contributed by atoms with van der Waals surface area (Å²) in [5.74, 6) is -0.482. The summed E-state index contributed by atoms with van der Waals surface area (Å²) in [7, 11) is 0. The molecule has 0 amide bonds. The number of ketones is 2. The number of aliphatic hydroxyl groups is 1. The highest BCUT2D eigenvalue weighted by molar-refractivity contribution is 6.52. The fourth-order valence-electron chi connectivity index (χ4n) is 3.36. The highest BCUT2D eigenvalue weighted by Gasteiger charge is 2.34. The molecule has 1 aliphatic carbocycles. The van der Waals surface area contributed by atoms with Crippen LogP contribution in [0.2, 0.25) is 0 Å². The van der Waals surface area contributed by atoms with Gasteiger partial charge in [-0.15, -0.1) is 0 Å². The highest BCUT2D eigenvalue weighted by Crippen LogP contribution is 2.34. The van der Waals surface area contributed by atoms with Crippen molar-refractivity contribution < 1.29 is 19.4 Å². The predicted molar refractivity (Wildman–Crippen MR) is 89.1 cm³/mol. The Hall–Kier alpha value is -2.88. The SMILES string of the molecule is O=C1C(=O)c2ccccc2C(O)=C1CC1CCc2ccccc2O1. The first kappa shape index (κ1) is 14.7. The Morgan fingerprint density at radius 2 is 1.67 bits per heavy atom. The molecule has 1 heterocycles. The zero-order valence-electron chi connectivity index (χ0n) is 13.0. The van der Waals surface area contributed by atoms with Crippen molar-refractivity contribution in [2.24, 2.45) is 0 Å². The number of aryl methyl sites for hydroxylation is 1. The van der Waals surface area contributed by atoms with Crippen LogP contribution in [0.3, 0.4) is 0 Å². The summed E-state index contributed by atoms with van der Waals surface area (Å²) in [4.78, 5) is 24.7. The van der Waals surface area contributed by atoms with Crippen LogP contribution >= 0.6 is 0 Å². The summed E-state index contributed by atoms with van der Waals surface area (Å²) in [6, 6.07) is 14.4. The number of Topliss-reactive ketones (excluding diaryl/α,β-unsaturated/α-hetero) is 2. The summed E-state index contributed by atoms with van der Waals surface area (Å²) in [6.07, 6.45) is 1.61. The van der Waals surface area contributed by atoms with Gasteiger partial charge in [0.15, 0.2) is 0 Å².